The molecule has 1 amide bonds. The molecule has 1 aromatic carbocycles. The Morgan fingerprint density at radius 1 is 1.38 bits per heavy atom. The molecule has 0 saturated carbocycles. The number of benzene rings is 1. The maximum absolute atomic E-state index is 11.2. The lowest BCUT2D eigenvalue weighted by Gasteiger charge is -2.31. The quantitative estimate of drug-likeness (QED) is 0.856. The first-order valence-electron chi connectivity index (χ1n) is 8.46. The molecule has 7 nitrogen and oxygen atoms in total. The molecule has 138 valence electrons. The highest BCUT2D eigenvalue weighted by Crippen LogP contribution is 2.34. The number of hydrogen-bond donors (Lipinski definition) is 2. The number of anilines is 3. The molecule has 1 saturated heterocycles. The molecule has 1 aliphatic heterocycles. The standard InChI is InChI=1S/C18H22ClN5O2/c1-11-8-17(23-18(20)21-11)24-6-3-7-26-10-16(24)14-5-4-13(9-15(14)19)22-12(2)25/h4-5,8-9,16H,3,6-7,10H2,1-2H3,(H,22,25)(H2,20,21,23)/t16-/m1/s1. The molecule has 3 rings (SSSR count). The summed E-state index contributed by atoms with van der Waals surface area (Å²) >= 11 is 6.52. The summed E-state index contributed by atoms with van der Waals surface area (Å²) in [5.41, 5.74) is 8.22. The van der Waals surface area contributed by atoms with Gasteiger partial charge in [0.25, 0.3) is 0 Å². The largest absolute Gasteiger partial charge is 0.379 e. The Morgan fingerprint density at radius 3 is 2.88 bits per heavy atom. The second-order valence-corrected chi connectivity index (χ2v) is 6.69. The lowest BCUT2D eigenvalue weighted by molar-refractivity contribution is -0.114. The highest BCUT2D eigenvalue weighted by molar-refractivity contribution is 6.31. The van der Waals surface area contributed by atoms with Crippen LogP contribution in [-0.2, 0) is 9.53 Å². The summed E-state index contributed by atoms with van der Waals surface area (Å²) in [6, 6.07) is 7.31. The van der Waals surface area contributed by atoms with Gasteiger partial charge in [-0.25, -0.2) is 4.98 Å². The summed E-state index contributed by atoms with van der Waals surface area (Å²) in [5.74, 6) is 0.865. The van der Waals surface area contributed by atoms with Gasteiger partial charge in [0.2, 0.25) is 11.9 Å². The summed E-state index contributed by atoms with van der Waals surface area (Å²) in [4.78, 5) is 21.9. The van der Waals surface area contributed by atoms with E-state index in [1.165, 1.54) is 6.92 Å². The number of hydrogen-bond acceptors (Lipinski definition) is 6. The van der Waals surface area contributed by atoms with E-state index in [1.807, 2.05) is 25.1 Å². The van der Waals surface area contributed by atoms with Crippen LogP contribution in [0.2, 0.25) is 5.02 Å². The minimum atomic E-state index is -0.139. The van der Waals surface area contributed by atoms with Crippen molar-refractivity contribution in [1.82, 2.24) is 9.97 Å². The molecule has 1 aliphatic rings. The second kappa shape index (κ2) is 7.88. The summed E-state index contributed by atoms with van der Waals surface area (Å²) < 4.78 is 5.78. The van der Waals surface area contributed by atoms with Crippen LogP contribution < -0.4 is 16.0 Å². The fraction of sp³-hybridized carbons (Fsp3) is 0.389. The molecular weight excluding hydrogens is 354 g/mol. The number of carbonyl (C=O) groups is 1. The molecule has 8 heteroatoms. The third-order valence-electron chi connectivity index (χ3n) is 4.17. The van der Waals surface area contributed by atoms with Gasteiger partial charge >= 0.3 is 0 Å². The van der Waals surface area contributed by atoms with Crippen LogP contribution in [0.5, 0.6) is 0 Å². The lowest BCUT2D eigenvalue weighted by Crippen LogP contribution is -2.32. The van der Waals surface area contributed by atoms with Gasteiger partial charge in [-0.2, -0.15) is 4.98 Å². The SMILES string of the molecule is CC(=O)Nc1ccc([C@H]2COCCCN2c2cc(C)nc(N)n2)c(Cl)c1. The molecule has 0 bridgehead atoms. The van der Waals surface area contributed by atoms with Crippen LogP contribution in [0.3, 0.4) is 0 Å². The Morgan fingerprint density at radius 2 is 2.19 bits per heavy atom. The van der Waals surface area contributed by atoms with Gasteiger partial charge in [0.05, 0.1) is 12.6 Å². The first-order valence-corrected chi connectivity index (χ1v) is 8.84. The molecule has 0 radical (unpaired) electrons. The summed E-state index contributed by atoms with van der Waals surface area (Å²) in [6.45, 7) is 5.28. The number of carbonyl (C=O) groups excluding carboxylic acids is 1. The van der Waals surface area contributed by atoms with E-state index in [4.69, 9.17) is 22.1 Å². The van der Waals surface area contributed by atoms with E-state index in [0.29, 0.717) is 23.9 Å². The highest BCUT2D eigenvalue weighted by Gasteiger charge is 2.27. The van der Waals surface area contributed by atoms with Crippen molar-refractivity contribution in [1.29, 1.82) is 0 Å². The topological polar surface area (TPSA) is 93.4 Å². The third kappa shape index (κ3) is 4.23. The zero-order valence-corrected chi connectivity index (χ0v) is 15.6. The Hall–Kier alpha value is -2.38. The van der Waals surface area contributed by atoms with Crippen LogP contribution in [0, 0.1) is 6.92 Å². The summed E-state index contributed by atoms with van der Waals surface area (Å²) in [5, 5.41) is 3.31. The van der Waals surface area contributed by atoms with Gasteiger partial charge in [-0.3, -0.25) is 4.79 Å². The lowest BCUT2D eigenvalue weighted by atomic mass is 10.0. The molecule has 26 heavy (non-hydrogen) atoms. The van der Waals surface area contributed by atoms with E-state index in [1.54, 1.807) is 6.07 Å². The van der Waals surface area contributed by atoms with Crippen molar-refractivity contribution in [2.24, 2.45) is 0 Å². The first kappa shape index (κ1) is 18.4. The average Bonchev–Trinajstić information content (AvgIpc) is 2.79. The number of nitrogen functional groups attached to an aromatic ring is 1. The van der Waals surface area contributed by atoms with Crippen molar-refractivity contribution in [3.63, 3.8) is 0 Å². The van der Waals surface area contributed by atoms with E-state index < -0.39 is 0 Å². The summed E-state index contributed by atoms with van der Waals surface area (Å²) in [6.07, 6.45) is 0.876. The Balaban J connectivity index is 1.97. The monoisotopic (exact) mass is 375 g/mol. The maximum atomic E-state index is 11.2. The number of aromatic nitrogens is 2. The second-order valence-electron chi connectivity index (χ2n) is 6.28. The van der Waals surface area contributed by atoms with E-state index in [9.17, 15) is 4.79 Å². The predicted molar refractivity (Wildman–Crippen MR) is 102 cm³/mol. The predicted octanol–water partition coefficient (Wildman–Crippen LogP) is 2.95. The smallest absolute Gasteiger partial charge is 0.222 e. The number of aryl methyl sites for hydroxylation is 1. The molecule has 0 unspecified atom stereocenters. The third-order valence-corrected chi connectivity index (χ3v) is 4.50. The number of nitrogens with two attached hydrogens (primary N) is 1. The van der Waals surface area contributed by atoms with Crippen LogP contribution in [0.15, 0.2) is 24.3 Å². The zero-order chi connectivity index (χ0) is 18.7. The van der Waals surface area contributed by atoms with Gasteiger partial charge in [0, 0.05) is 42.5 Å². The Bertz CT molecular complexity index is 794. The van der Waals surface area contributed by atoms with E-state index in [2.05, 4.69) is 20.2 Å². The van der Waals surface area contributed by atoms with Crippen LogP contribution in [0.25, 0.3) is 0 Å². The van der Waals surface area contributed by atoms with Crippen LogP contribution in [-0.4, -0.2) is 35.6 Å². The van der Waals surface area contributed by atoms with Crippen LogP contribution >= 0.6 is 11.6 Å². The van der Waals surface area contributed by atoms with Crippen molar-refractivity contribution in [2.75, 3.05) is 35.7 Å². The van der Waals surface area contributed by atoms with Gasteiger partial charge < -0.3 is 20.7 Å². The van der Waals surface area contributed by atoms with Crippen molar-refractivity contribution in [2.45, 2.75) is 26.3 Å². The molecule has 0 aliphatic carbocycles. The number of rotatable bonds is 3. The number of nitrogens with zero attached hydrogens (tertiary/aromatic N) is 3. The van der Waals surface area contributed by atoms with Crippen molar-refractivity contribution >= 4 is 35.0 Å². The van der Waals surface area contributed by atoms with Gasteiger partial charge in [0.15, 0.2) is 0 Å². The fourth-order valence-electron chi connectivity index (χ4n) is 3.11. The minimum Gasteiger partial charge on any atom is -0.379 e. The van der Waals surface area contributed by atoms with Crippen molar-refractivity contribution in [3.8, 4) is 0 Å². The molecule has 1 fully saturated rings. The van der Waals surface area contributed by atoms with Crippen molar-refractivity contribution < 1.29 is 9.53 Å². The number of ether oxygens (including phenoxy) is 1. The maximum Gasteiger partial charge on any atom is 0.222 e. The number of nitrogens with one attached hydrogen (secondary N) is 1. The normalized spacial score (nSPS) is 17.7. The fourth-order valence-corrected chi connectivity index (χ4v) is 3.42. The van der Waals surface area contributed by atoms with Crippen molar-refractivity contribution in [3.05, 3.63) is 40.5 Å². The van der Waals surface area contributed by atoms with E-state index in [0.717, 1.165) is 30.0 Å². The summed E-state index contributed by atoms with van der Waals surface area (Å²) in [7, 11) is 0. The number of halogens is 1. The zero-order valence-electron chi connectivity index (χ0n) is 14.8. The van der Waals surface area contributed by atoms with Crippen LogP contribution in [0.1, 0.15) is 30.6 Å². The molecule has 3 N–H and O–H groups in total. The van der Waals surface area contributed by atoms with Gasteiger partial charge in [-0.1, -0.05) is 17.7 Å². The molecule has 1 atom stereocenters. The van der Waals surface area contributed by atoms with Crippen LogP contribution in [0.4, 0.5) is 17.5 Å². The molecule has 2 heterocycles. The van der Waals surface area contributed by atoms with E-state index in [-0.39, 0.29) is 17.9 Å². The molecule has 0 spiro atoms. The molecule has 1 aromatic heterocycles. The Labute approximate surface area is 157 Å². The number of amides is 1. The van der Waals surface area contributed by atoms with Gasteiger partial charge in [-0.15, -0.1) is 0 Å². The molecular formula is C18H22ClN5O2. The minimum absolute atomic E-state index is 0.106. The Kier molecular flexibility index (Phi) is 5.58. The van der Waals surface area contributed by atoms with E-state index >= 15 is 0 Å². The molecule has 2 aromatic rings. The van der Waals surface area contributed by atoms with Gasteiger partial charge in [0.1, 0.15) is 5.82 Å². The van der Waals surface area contributed by atoms with Gasteiger partial charge in [-0.05, 0) is 31.0 Å². The average molecular weight is 376 g/mol. The highest BCUT2D eigenvalue weighted by atomic mass is 35.5. The first-order chi connectivity index (χ1) is 12.4.